The van der Waals surface area contributed by atoms with Gasteiger partial charge in [-0.2, -0.15) is 0 Å². The molecule has 1 aromatic rings. The summed E-state index contributed by atoms with van der Waals surface area (Å²) in [5.41, 5.74) is 0.856. The van der Waals surface area contributed by atoms with E-state index >= 15 is 0 Å². The van der Waals surface area contributed by atoms with Crippen LogP contribution in [0.4, 0.5) is 0 Å². The number of likely N-dealkylation sites (N-methyl/N-ethyl adjacent to an activating group) is 1. The summed E-state index contributed by atoms with van der Waals surface area (Å²) in [5, 5.41) is 9.52. The topological polar surface area (TPSA) is 70.2 Å². The number of rotatable bonds is 8. The van der Waals surface area contributed by atoms with Gasteiger partial charge in [0, 0.05) is 24.5 Å². The van der Waals surface area contributed by atoms with Crippen molar-refractivity contribution in [2.75, 3.05) is 13.1 Å². The van der Waals surface area contributed by atoms with Crippen LogP contribution in [0.1, 0.15) is 38.8 Å². The van der Waals surface area contributed by atoms with Crippen molar-refractivity contribution in [1.29, 1.82) is 0 Å². The van der Waals surface area contributed by atoms with Crippen LogP contribution in [0.25, 0.3) is 0 Å². The number of hydrogen-bond donors (Lipinski definition) is 3. The largest absolute Gasteiger partial charge is 0.354 e. The molecule has 1 unspecified atom stereocenters. The fraction of sp³-hybridized carbons (Fsp3) is 0.500. The Kier molecular flexibility index (Phi) is 10.6. The highest BCUT2D eigenvalue weighted by Gasteiger charge is 2.17. The average molecular weight is 362 g/mol. The zero-order valence-electron chi connectivity index (χ0n) is 13.7. The van der Waals surface area contributed by atoms with Gasteiger partial charge in [0.15, 0.2) is 0 Å². The van der Waals surface area contributed by atoms with Gasteiger partial charge < -0.3 is 16.0 Å². The summed E-state index contributed by atoms with van der Waals surface area (Å²) < 4.78 is 0. The summed E-state index contributed by atoms with van der Waals surface area (Å²) in [7, 11) is 0. The van der Waals surface area contributed by atoms with Crippen LogP contribution >= 0.6 is 24.0 Å². The van der Waals surface area contributed by atoms with Crippen LogP contribution in [0.5, 0.6) is 0 Å². The van der Waals surface area contributed by atoms with Gasteiger partial charge in [0.1, 0.15) is 0 Å². The van der Waals surface area contributed by atoms with E-state index < -0.39 is 0 Å². The van der Waals surface area contributed by atoms with Crippen LogP contribution in [0.2, 0.25) is 5.02 Å². The molecule has 0 spiro atoms. The molecule has 5 nitrogen and oxygen atoms in total. The number of amides is 2. The van der Waals surface area contributed by atoms with Crippen molar-refractivity contribution in [2.24, 2.45) is 0 Å². The first-order valence-electron chi connectivity index (χ1n) is 7.45. The predicted octanol–water partition coefficient (Wildman–Crippen LogP) is 2.44. The van der Waals surface area contributed by atoms with Gasteiger partial charge in [0.05, 0.1) is 12.5 Å². The van der Waals surface area contributed by atoms with Crippen LogP contribution in [0.15, 0.2) is 24.3 Å². The van der Waals surface area contributed by atoms with E-state index in [0.717, 1.165) is 12.1 Å². The zero-order chi connectivity index (χ0) is 16.5. The van der Waals surface area contributed by atoms with Crippen molar-refractivity contribution in [3.8, 4) is 0 Å². The van der Waals surface area contributed by atoms with Crippen LogP contribution in [0, 0.1) is 0 Å². The molecule has 1 aromatic carbocycles. The molecular formula is C16H25Cl2N3O2. The highest BCUT2D eigenvalue weighted by atomic mass is 35.5. The second-order valence-electron chi connectivity index (χ2n) is 5.27. The molecule has 0 saturated heterocycles. The summed E-state index contributed by atoms with van der Waals surface area (Å²) in [6.45, 7) is 6.88. The van der Waals surface area contributed by atoms with Crippen molar-refractivity contribution >= 4 is 35.8 Å². The number of carbonyl (C=O) groups is 2. The molecule has 7 heteroatoms. The monoisotopic (exact) mass is 361 g/mol. The second kappa shape index (κ2) is 11.3. The minimum Gasteiger partial charge on any atom is -0.354 e. The zero-order valence-corrected chi connectivity index (χ0v) is 15.3. The van der Waals surface area contributed by atoms with Crippen molar-refractivity contribution in [3.05, 3.63) is 34.9 Å². The molecule has 2 atom stereocenters. The molecule has 0 aliphatic carbocycles. The van der Waals surface area contributed by atoms with E-state index in [0.29, 0.717) is 11.6 Å². The molecule has 0 bridgehead atoms. The van der Waals surface area contributed by atoms with Crippen molar-refractivity contribution in [3.63, 3.8) is 0 Å². The molecule has 1 rings (SSSR count). The Bertz CT molecular complexity index is 495. The predicted molar refractivity (Wildman–Crippen MR) is 96.0 cm³/mol. The SMILES string of the molecule is CCN[C@H](C)CNC(=O)CC(NC(C)=O)c1ccc(Cl)cc1.Cl. The van der Waals surface area contributed by atoms with E-state index in [-0.39, 0.29) is 42.7 Å². The van der Waals surface area contributed by atoms with Crippen LogP contribution in [-0.2, 0) is 9.59 Å². The van der Waals surface area contributed by atoms with Gasteiger partial charge in [-0.15, -0.1) is 12.4 Å². The second-order valence-corrected chi connectivity index (χ2v) is 5.71. The van der Waals surface area contributed by atoms with Gasteiger partial charge in [0.25, 0.3) is 0 Å². The Morgan fingerprint density at radius 1 is 1.22 bits per heavy atom. The Labute approximate surface area is 149 Å². The normalized spacial score (nSPS) is 12.7. The van der Waals surface area contributed by atoms with Gasteiger partial charge in [-0.25, -0.2) is 0 Å². The lowest BCUT2D eigenvalue weighted by molar-refractivity contribution is -0.122. The van der Waals surface area contributed by atoms with E-state index in [4.69, 9.17) is 11.6 Å². The first-order valence-corrected chi connectivity index (χ1v) is 7.82. The molecule has 0 heterocycles. The minimum absolute atomic E-state index is 0. The summed E-state index contributed by atoms with van der Waals surface area (Å²) in [6, 6.07) is 6.98. The summed E-state index contributed by atoms with van der Waals surface area (Å²) in [6.07, 6.45) is 0.195. The Balaban J connectivity index is 0.00000484. The van der Waals surface area contributed by atoms with Crippen molar-refractivity contribution in [2.45, 2.75) is 39.3 Å². The summed E-state index contributed by atoms with van der Waals surface area (Å²) in [4.78, 5) is 23.4. The lowest BCUT2D eigenvalue weighted by atomic mass is 10.0. The number of carbonyl (C=O) groups excluding carboxylic acids is 2. The minimum atomic E-state index is -0.357. The fourth-order valence-corrected chi connectivity index (χ4v) is 2.26. The Morgan fingerprint density at radius 3 is 2.35 bits per heavy atom. The van der Waals surface area contributed by atoms with E-state index in [1.165, 1.54) is 6.92 Å². The lowest BCUT2D eigenvalue weighted by Crippen LogP contribution is -2.40. The van der Waals surface area contributed by atoms with E-state index in [1.54, 1.807) is 12.1 Å². The van der Waals surface area contributed by atoms with Crippen molar-refractivity contribution < 1.29 is 9.59 Å². The first-order chi connectivity index (χ1) is 10.4. The van der Waals surface area contributed by atoms with Crippen molar-refractivity contribution in [1.82, 2.24) is 16.0 Å². The van der Waals surface area contributed by atoms with Gasteiger partial charge in [-0.3, -0.25) is 9.59 Å². The van der Waals surface area contributed by atoms with Gasteiger partial charge in [0.2, 0.25) is 11.8 Å². The molecule has 23 heavy (non-hydrogen) atoms. The third-order valence-corrected chi connectivity index (χ3v) is 3.45. The number of nitrogens with one attached hydrogen (secondary N) is 3. The highest BCUT2D eigenvalue weighted by Crippen LogP contribution is 2.19. The molecule has 0 aliphatic rings. The third kappa shape index (κ3) is 8.79. The molecule has 0 radical (unpaired) electrons. The molecule has 0 aromatic heterocycles. The summed E-state index contributed by atoms with van der Waals surface area (Å²) >= 11 is 5.87. The lowest BCUT2D eigenvalue weighted by Gasteiger charge is -2.19. The average Bonchev–Trinajstić information content (AvgIpc) is 2.45. The van der Waals surface area contributed by atoms with Crippen LogP contribution < -0.4 is 16.0 Å². The molecule has 0 fully saturated rings. The quantitative estimate of drug-likeness (QED) is 0.665. The maximum atomic E-state index is 12.1. The van der Waals surface area contributed by atoms with E-state index in [1.807, 2.05) is 26.0 Å². The van der Waals surface area contributed by atoms with Gasteiger partial charge in [-0.1, -0.05) is 30.7 Å². The maximum absolute atomic E-state index is 12.1. The smallest absolute Gasteiger partial charge is 0.222 e. The molecule has 130 valence electrons. The molecule has 2 amide bonds. The Morgan fingerprint density at radius 2 is 1.83 bits per heavy atom. The molecule has 0 aliphatic heterocycles. The van der Waals surface area contributed by atoms with Crippen LogP contribution in [-0.4, -0.2) is 30.9 Å². The molecule has 0 saturated carbocycles. The fourth-order valence-electron chi connectivity index (χ4n) is 2.14. The van der Waals surface area contributed by atoms with Crippen LogP contribution in [0.3, 0.4) is 0 Å². The third-order valence-electron chi connectivity index (χ3n) is 3.20. The molecular weight excluding hydrogens is 337 g/mol. The van der Waals surface area contributed by atoms with E-state index in [9.17, 15) is 9.59 Å². The van der Waals surface area contributed by atoms with Gasteiger partial charge >= 0.3 is 0 Å². The summed E-state index contributed by atoms with van der Waals surface area (Å²) in [5.74, 6) is -0.271. The highest BCUT2D eigenvalue weighted by molar-refractivity contribution is 6.30. The number of halogens is 2. The Hall–Kier alpha value is -1.30. The maximum Gasteiger partial charge on any atom is 0.222 e. The standard InChI is InChI=1S/C16H24ClN3O2.ClH/c1-4-18-11(2)10-19-16(22)9-15(20-12(3)21)13-5-7-14(17)8-6-13;/h5-8,11,15,18H,4,9-10H2,1-3H3,(H,19,22)(H,20,21);1H/t11-,15?;/m1./s1. The molecule has 3 N–H and O–H groups in total. The van der Waals surface area contributed by atoms with E-state index in [2.05, 4.69) is 16.0 Å². The number of benzene rings is 1. The number of hydrogen-bond acceptors (Lipinski definition) is 3. The first kappa shape index (κ1) is 21.7. The van der Waals surface area contributed by atoms with Gasteiger partial charge in [-0.05, 0) is 31.2 Å².